The summed E-state index contributed by atoms with van der Waals surface area (Å²) < 4.78 is 18.5. The van der Waals surface area contributed by atoms with E-state index in [9.17, 15) is 9.18 Å². The third-order valence-corrected chi connectivity index (χ3v) is 2.32. The largest absolute Gasteiger partial charge is 0.417 e. The van der Waals surface area contributed by atoms with Crippen LogP contribution in [-0.2, 0) is 5.41 Å². The predicted molar refractivity (Wildman–Crippen MR) is 55.5 cm³/mol. The Bertz CT molecular complexity index is 560. The van der Waals surface area contributed by atoms with Crippen molar-refractivity contribution in [2.75, 3.05) is 0 Å². The Morgan fingerprint density at radius 2 is 2.00 bits per heavy atom. The molecule has 0 amide bonds. The van der Waals surface area contributed by atoms with Gasteiger partial charge in [0.15, 0.2) is 5.58 Å². The molecule has 2 aromatic rings. The second-order valence-electron chi connectivity index (χ2n) is 4.59. The molecule has 1 aromatic carbocycles. The Morgan fingerprint density at radius 3 is 2.60 bits per heavy atom. The summed E-state index contributed by atoms with van der Waals surface area (Å²) in [6, 6.07) is 2.86. The number of fused-ring (bicyclic) bond motifs is 1. The molecule has 80 valence electrons. The van der Waals surface area contributed by atoms with E-state index in [0.717, 1.165) is 0 Å². The molecule has 0 atom stereocenters. The van der Waals surface area contributed by atoms with E-state index in [1.165, 1.54) is 6.07 Å². The third-order valence-electron chi connectivity index (χ3n) is 2.32. The Morgan fingerprint density at radius 1 is 1.33 bits per heavy atom. The second-order valence-corrected chi connectivity index (χ2v) is 4.59. The summed E-state index contributed by atoms with van der Waals surface area (Å²) >= 11 is 0. The van der Waals surface area contributed by atoms with Gasteiger partial charge in [0.1, 0.15) is 5.82 Å². The number of oxazole rings is 1. The molecule has 0 unspecified atom stereocenters. The highest BCUT2D eigenvalue weighted by Gasteiger charge is 2.20. The van der Waals surface area contributed by atoms with Crippen molar-refractivity contribution in [2.24, 2.45) is 0 Å². The molecular weight excluding hydrogens is 197 g/mol. The van der Waals surface area contributed by atoms with Crippen molar-refractivity contribution < 1.29 is 8.81 Å². The molecule has 4 heteroatoms. The van der Waals surface area contributed by atoms with Crippen molar-refractivity contribution in [3.05, 3.63) is 34.1 Å². The van der Waals surface area contributed by atoms with Gasteiger partial charge in [0.2, 0.25) is 0 Å². The average molecular weight is 209 g/mol. The van der Waals surface area contributed by atoms with Crippen LogP contribution in [0.1, 0.15) is 26.3 Å². The van der Waals surface area contributed by atoms with E-state index in [1.807, 2.05) is 20.8 Å². The van der Waals surface area contributed by atoms with Gasteiger partial charge in [0.25, 0.3) is 0 Å². The summed E-state index contributed by atoms with van der Waals surface area (Å²) in [7, 11) is 0. The topological polar surface area (TPSA) is 46.0 Å². The van der Waals surface area contributed by atoms with Gasteiger partial charge in [-0.1, -0.05) is 20.8 Å². The molecule has 0 bridgehead atoms. The minimum Gasteiger partial charge on any atom is -0.408 e. The first-order valence-electron chi connectivity index (χ1n) is 4.71. The van der Waals surface area contributed by atoms with Gasteiger partial charge < -0.3 is 4.42 Å². The number of aromatic amines is 1. The van der Waals surface area contributed by atoms with E-state index in [1.54, 1.807) is 6.07 Å². The minimum absolute atomic E-state index is 0.311. The van der Waals surface area contributed by atoms with Crippen LogP contribution in [-0.4, -0.2) is 4.98 Å². The number of nitrogens with one attached hydrogen (secondary N) is 1. The van der Waals surface area contributed by atoms with E-state index < -0.39 is 5.76 Å². The summed E-state index contributed by atoms with van der Waals surface area (Å²) in [5, 5.41) is 0. The smallest absolute Gasteiger partial charge is 0.408 e. The zero-order chi connectivity index (χ0) is 11.2. The van der Waals surface area contributed by atoms with Gasteiger partial charge in [0.05, 0.1) is 5.52 Å². The first-order chi connectivity index (χ1) is 6.88. The van der Waals surface area contributed by atoms with Crippen LogP contribution in [0.2, 0.25) is 0 Å². The SMILES string of the molecule is CC(C)(C)c1cc2oc(=O)[nH]c2cc1F. The van der Waals surface area contributed by atoms with Gasteiger partial charge in [0, 0.05) is 6.07 Å². The molecule has 15 heavy (non-hydrogen) atoms. The lowest BCUT2D eigenvalue weighted by atomic mass is 9.86. The summed E-state index contributed by atoms with van der Waals surface area (Å²) in [4.78, 5) is 13.3. The Balaban J connectivity index is 2.77. The van der Waals surface area contributed by atoms with Gasteiger partial charge in [-0.05, 0) is 17.0 Å². The molecule has 1 N–H and O–H groups in total. The molecule has 0 aliphatic rings. The van der Waals surface area contributed by atoms with Crippen molar-refractivity contribution in [3.63, 3.8) is 0 Å². The van der Waals surface area contributed by atoms with E-state index in [4.69, 9.17) is 4.42 Å². The first-order valence-corrected chi connectivity index (χ1v) is 4.71. The standard InChI is InChI=1S/C11H12FNO2/c1-11(2,3)6-4-9-8(5-7(6)12)13-10(14)15-9/h4-5H,1-3H3,(H,13,14). The van der Waals surface area contributed by atoms with E-state index in [0.29, 0.717) is 16.7 Å². The number of halogens is 1. The maximum Gasteiger partial charge on any atom is 0.417 e. The number of hydrogen-bond acceptors (Lipinski definition) is 2. The highest BCUT2D eigenvalue weighted by atomic mass is 19.1. The zero-order valence-corrected chi connectivity index (χ0v) is 8.85. The van der Waals surface area contributed by atoms with Crippen LogP contribution >= 0.6 is 0 Å². The molecule has 0 radical (unpaired) electrons. The summed E-state index contributed by atoms with van der Waals surface area (Å²) in [6.07, 6.45) is 0. The first kappa shape index (κ1) is 9.96. The number of rotatable bonds is 0. The van der Waals surface area contributed by atoms with Crippen molar-refractivity contribution in [1.29, 1.82) is 0 Å². The predicted octanol–water partition coefficient (Wildman–Crippen LogP) is 2.56. The summed E-state index contributed by atoms with van der Waals surface area (Å²) in [5.74, 6) is -0.887. The molecule has 2 rings (SSSR count). The van der Waals surface area contributed by atoms with Crippen LogP contribution < -0.4 is 5.76 Å². The lowest BCUT2D eigenvalue weighted by Gasteiger charge is -2.19. The quantitative estimate of drug-likeness (QED) is 0.724. The van der Waals surface area contributed by atoms with Gasteiger partial charge in [-0.15, -0.1) is 0 Å². The molecule has 0 spiro atoms. The van der Waals surface area contributed by atoms with Crippen LogP contribution in [0.4, 0.5) is 4.39 Å². The fraction of sp³-hybridized carbons (Fsp3) is 0.364. The molecule has 0 fully saturated rings. The molecule has 1 heterocycles. The molecule has 0 saturated carbocycles. The summed E-state index contributed by atoms with van der Waals surface area (Å²) in [6.45, 7) is 5.71. The third kappa shape index (κ3) is 1.67. The molecular formula is C11H12FNO2. The Labute approximate surface area is 85.9 Å². The van der Waals surface area contributed by atoms with Crippen LogP contribution in [0.25, 0.3) is 11.1 Å². The maximum atomic E-state index is 13.7. The number of H-pyrrole nitrogens is 1. The number of benzene rings is 1. The van der Waals surface area contributed by atoms with E-state index >= 15 is 0 Å². The fourth-order valence-electron chi connectivity index (χ4n) is 1.55. The van der Waals surface area contributed by atoms with Crippen LogP contribution in [0, 0.1) is 5.82 Å². The average Bonchev–Trinajstić information content (AvgIpc) is 2.40. The molecule has 0 aliphatic heterocycles. The molecule has 0 aliphatic carbocycles. The van der Waals surface area contributed by atoms with Crippen LogP contribution in [0.3, 0.4) is 0 Å². The second kappa shape index (κ2) is 2.95. The number of hydrogen-bond donors (Lipinski definition) is 1. The van der Waals surface area contributed by atoms with Crippen LogP contribution in [0.15, 0.2) is 21.3 Å². The van der Waals surface area contributed by atoms with Crippen molar-refractivity contribution >= 4 is 11.1 Å². The highest BCUT2D eigenvalue weighted by molar-refractivity contribution is 5.73. The highest BCUT2D eigenvalue weighted by Crippen LogP contribution is 2.27. The van der Waals surface area contributed by atoms with Gasteiger partial charge in [-0.2, -0.15) is 0 Å². The van der Waals surface area contributed by atoms with Crippen molar-refractivity contribution in [3.8, 4) is 0 Å². The van der Waals surface area contributed by atoms with Gasteiger partial charge in [-0.3, -0.25) is 4.98 Å². The van der Waals surface area contributed by atoms with Crippen molar-refractivity contribution in [1.82, 2.24) is 4.98 Å². The lowest BCUT2D eigenvalue weighted by Crippen LogP contribution is -2.13. The van der Waals surface area contributed by atoms with Gasteiger partial charge in [-0.25, -0.2) is 9.18 Å². The molecule has 1 aromatic heterocycles. The zero-order valence-electron chi connectivity index (χ0n) is 8.85. The molecule has 3 nitrogen and oxygen atoms in total. The fourth-order valence-corrected chi connectivity index (χ4v) is 1.55. The van der Waals surface area contributed by atoms with E-state index in [-0.39, 0.29) is 11.2 Å². The summed E-state index contributed by atoms with van der Waals surface area (Å²) in [5.41, 5.74) is 1.02. The van der Waals surface area contributed by atoms with Crippen molar-refractivity contribution in [2.45, 2.75) is 26.2 Å². The monoisotopic (exact) mass is 209 g/mol. The number of aromatic nitrogens is 1. The Hall–Kier alpha value is -1.58. The molecule has 0 saturated heterocycles. The maximum absolute atomic E-state index is 13.7. The lowest BCUT2D eigenvalue weighted by molar-refractivity contribution is 0.518. The van der Waals surface area contributed by atoms with Crippen LogP contribution in [0.5, 0.6) is 0 Å². The van der Waals surface area contributed by atoms with E-state index in [2.05, 4.69) is 4.98 Å². The minimum atomic E-state index is -0.560. The Kier molecular flexibility index (Phi) is 1.96. The normalized spacial score (nSPS) is 12.3. The van der Waals surface area contributed by atoms with Gasteiger partial charge >= 0.3 is 5.76 Å².